The summed E-state index contributed by atoms with van der Waals surface area (Å²) in [6, 6.07) is 4.39. The largest absolute Gasteiger partial charge is 0.504 e. The van der Waals surface area contributed by atoms with Crippen LogP contribution in [-0.2, 0) is 4.79 Å². The van der Waals surface area contributed by atoms with Crippen molar-refractivity contribution in [2.75, 3.05) is 6.54 Å². The molecule has 3 N–H and O–H groups in total. The van der Waals surface area contributed by atoms with E-state index in [1.165, 1.54) is 12.1 Å². The number of benzene rings is 1. The van der Waals surface area contributed by atoms with Crippen molar-refractivity contribution >= 4 is 5.91 Å². The molecule has 15 heavy (non-hydrogen) atoms. The molecule has 0 aromatic heterocycles. The van der Waals surface area contributed by atoms with Crippen LogP contribution in [0.5, 0.6) is 11.5 Å². The van der Waals surface area contributed by atoms with Gasteiger partial charge < -0.3 is 15.5 Å². The number of carbonyl (C=O) groups is 1. The minimum Gasteiger partial charge on any atom is -0.504 e. The van der Waals surface area contributed by atoms with Gasteiger partial charge in [0, 0.05) is 6.54 Å². The van der Waals surface area contributed by atoms with Crippen molar-refractivity contribution < 1.29 is 15.0 Å². The highest BCUT2D eigenvalue weighted by atomic mass is 16.3. The lowest BCUT2D eigenvalue weighted by Crippen LogP contribution is -2.27. The molecule has 4 nitrogen and oxygen atoms in total. The van der Waals surface area contributed by atoms with Crippen molar-refractivity contribution in [1.82, 2.24) is 5.32 Å². The van der Waals surface area contributed by atoms with Gasteiger partial charge in [-0.2, -0.15) is 0 Å². The molecular weight excluding hydrogens is 194 g/mol. The Hall–Kier alpha value is -1.71. The summed E-state index contributed by atoms with van der Waals surface area (Å²) in [5, 5.41) is 21.1. The Morgan fingerprint density at radius 1 is 1.40 bits per heavy atom. The maximum Gasteiger partial charge on any atom is 0.227 e. The molecule has 1 aromatic carbocycles. The van der Waals surface area contributed by atoms with Crippen LogP contribution in [-0.4, -0.2) is 22.7 Å². The first-order chi connectivity index (χ1) is 7.06. The van der Waals surface area contributed by atoms with Crippen LogP contribution in [0.15, 0.2) is 18.2 Å². The summed E-state index contributed by atoms with van der Waals surface area (Å²) in [5.41, 5.74) is 0.677. The third-order valence-corrected chi connectivity index (χ3v) is 2.24. The number of rotatable bonds is 3. The molecule has 0 fully saturated rings. The smallest absolute Gasteiger partial charge is 0.227 e. The summed E-state index contributed by atoms with van der Waals surface area (Å²) in [4.78, 5) is 11.5. The molecule has 0 aliphatic rings. The number of phenolic OH excluding ortho intramolecular Hbond substituents is 2. The first-order valence-corrected chi connectivity index (χ1v) is 4.85. The zero-order valence-corrected chi connectivity index (χ0v) is 8.82. The van der Waals surface area contributed by atoms with E-state index >= 15 is 0 Å². The first kappa shape index (κ1) is 11.4. The minimum atomic E-state index is -0.337. The van der Waals surface area contributed by atoms with Gasteiger partial charge in [-0.15, -0.1) is 0 Å². The van der Waals surface area contributed by atoms with Gasteiger partial charge in [-0.3, -0.25) is 4.79 Å². The zero-order chi connectivity index (χ0) is 11.4. The number of likely N-dealkylation sites (N-methyl/N-ethyl adjacent to an activating group) is 1. The summed E-state index contributed by atoms with van der Waals surface area (Å²) >= 11 is 0. The lowest BCUT2D eigenvalue weighted by Gasteiger charge is -2.11. The van der Waals surface area contributed by atoms with E-state index in [0.29, 0.717) is 12.1 Å². The highest BCUT2D eigenvalue weighted by Crippen LogP contribution is 2.28. The van der Waals surface area contributed by atoms with Crippen molar-refractivity contribution in [3.05, 3.63) is 23.8 Å². The monoisotopic (exact) mass is 209 g/mol. The second kappa shape index (κ2) is 4.68. The molecule has 0 aliphatic heterocycles. The lowest BCUT2D eigenvalue weighted by atomic mass is 10.00. The van der Waals surface area contributed by atoms with Crippen molar-refractivity contribution in [2.45, 2.75) is 19.8 Å². The van der Waals surface area contributed by atoms with Crippen molar-refractivity contribution in [3.8, 4) is 11.5 Å². The summed E-state index contributed by atoms with van der Waals surface area (Å²) in [6.07, 6.45) is 0. The molecule has 4 heteroatoms. The molecule has 0 heterocycles. The fourth-order valence-electron chi connectivity index (χ4n) is 1.29. The van der Waals surface area contributed by atoms with E-state index in [0.717, 1.165) is 0 Å². The average molecular weight is 209 g/mol. The topological polar surface area (TPSA) is 69.6 Å². The van der Waals surface area contributed by atoms with E-state index in [1.54, 1.807) is 13.0 Å². The molecule has 0 radical (unpaired) electrons. The Kier molecular flexibility index (Phi) is 3.55. The maximum atomic E-state index is 11.5. The van der Waals surface area contributed by atoms with Gasteiger partial charge in [0.05, 0.1) is 5.92 Å². The first-order valence-electron chi connectivity index (χ1n) is 4.85. The van der Waals surface area contributed by atoms with Crippen molar-refractivity contribution in [1.29, 1.82) is 0 Å². The van der Waals surface area contributed by atoms with Gasteiger partial charge in [0.25, 0.3) is 0 Å². The Bertz CT molecular complexity index is 363. The van der Waals surface area contributed by atoms with Gasteiger partial charge in [0.2, 0.25) is 5.91 Å². The van der Waals surface area contributed by atoms with Crippen LogP contribution in [0.2, 0.25) is 0 Å². The van der Waals surface area contributed by atoms with E-state index in [9.17, 15) is 9.90 Å². The van der Waals surface area contributed by atoms with Crippen LogP contribution < -0.4 is 5.32 Å². The third kappa shape index (κ3) is 2.62. The van der Waals surface area contributed by atoms with E-state index in [4.69, 9.17) is 5.11 Å². The number of nitrogens with one attached hydrogen (secondary N) is 1. The molecule has 0 bridgehead atoms. The fourth-order valence-corrected chi connectivity index (χ4v) is 1.29. The average Bonchev–Trinajstić information content (AvgIpc) is 2.21. The Balaban J connectivity index is 2.86. The number of hydrogen-bond donors (Lipinski definition) is 3. The van der Waals surface area contributed by atoms with Gasteiger partial charge in [0.15, 0.2) is 11.5 Å². The number of hydrogen-bond acceptors (Lipinski definition) is 3. The predicted molar refractivity (Wildman–Crippen MR) is 56.9 cm³/mol. The lowest BCUT2D eigenvalue weighted by molar-refractivity contribution is -0.122. The van der Waals surface area contributed by atoms with Gasteiger partial charge in [0.1, 0.15) is 0 Å². The number of aromatic hydroxyl groups is 2. The molecule has 1 rings (SSSR count). The normalized spacial score (nSPS) is 12.1. The second-order valence-corrected chi connectivity index (χ2v) is 3.36. The Morgan fingerprint density at radius 2 is 2.07 bits per heavy atom. The standard InChI is InChI=1S/C11H15NO3/c1-3-12-11(15)7(2)8-4-5-9(13)10(14)6-8/h4-7,13-14H,3H2,1-2H3,(H,12,15). The van der Waals surface area contributed by atoms with Crippen LogP contribution in [0.4, 0.5) is 0 Å². The van der Waals surface area contributed by atoms with Crippen LogP contribution in [0.25, 0.3) is 0 Å². The van der Waals surface area contributed by atoms with Crippen LogP contribution in [0.3, 0.4) is 0 Å². The molecule has 0 saturated carbocycles. The molecule has 0 aliphatic carbocycles. The SMILES string of the molecule is CCNC(=O)C(C)c1ccc(O)c(O)c1. The molecule has 1 unspecified atom stereocenters. The molecule has 1 amide bonds. The van der Waals surface area contributed by atoms with Crippen LogP contribution >= 0.6 is 0 Å². The highest BCUT2D eigenvalue weighted by molar-refractivity contribution is 5.83. The zero-order valence-electron chi connectivity index (χ0n) is 8.82. The van der Waals surface area contributed by atoms with Gasteiger partial charge in [-0.05, 0) is 31.5 Å². The molecular formula is C11H15NO3. The summed E-state index contributed by atoms with van der Waals surface area (Å²) < 4.78 is 0. The highest BCUT2D eigenvalue weighted by Gasteiger charge is 2.15. The molecule has 1 aromatic rings. The summed E-state index contributed by atoms with van der Waals surface area (Å²) in [6.45, 7) is 4.17. The van der Waals surface area contributed by atoms with Crippen LogP contribution in [0, 0.1) is 0 Å². The van der Waals surface area contributed by atoms with E-state index < -0.39 is 0 Å². The van der Waals surface area contributed by atoms with Crippen molar-refractivity contribution in [3.63, 3.8) is 0 Å². The maximum absolute atomic E-state index is 11.5. The summed E-state index contributed by atoms with van der Waals surface area (Å²) in [7, 11) is 0. The number of phenols is 2. The quantitative estimate of drug-likeness (QED) is 0.658. The molecule has 82 valence electrons. The van der Waals surface area contributed by atoms with Gasteiger partial charge in [-0.25, -0.2) is 0 Å². The molecule has 1 atom stereocenters. The third-order valence-electron chi connectivity index (χ3n) is 2.24. The second-order valence-electron chi connectivity index (χ2n) is 3.36. The molecule has 0 saturated heterocycles. The molecule has 0 spiro atoms. The fraction of sp³-hybridized carbons (Fsp3) is 0.364. The number of amides is 1. The predicted octanol–water partition coefficient (Wildman–Crippen LogP) is 1.34. The van der Waals surface area contributed by atoms with E-state index in [-0.39, 0.29) is 23.3 Å². The van der Waals surface area contributed by atoms with E-state index in [2.05, 4.69) is 5.32 Å². The minimum absolute atomic E-state index is 0.0948. The van der Waals surface area contributed by atoms with Gasteiger partial charge in [-0.1, -0.05) is 6.07 Å². The number of carbonyl (C=O) groups excluding carboxylic acids is 1. The van der Waals surface area contributed by atoms with Crippen molar-refractivity contribution in [2.24, 2.45) is 0 Å². The Morgan fingerprint density at radius 3 is 2.60 bits per heavy atom. The Labute approximate surface area is 88.6 Å². The van der Waals surface area contributed by atoms with Crippen LogP contribution in [0.1, 0.15) is 25.3 Å². The summed E-state index contributed by atoms with van der Waals surface area (Å²) in [5.74, 6) is -0.815. The van der Waals surface area contributed by atoms with E-state index in [1.807, 2.05) is 6.92 Å². The van der Waals surface area contributed by atoms with Gasteiger partial charge >= 0.3 is 0 Å².